The number of hydrogen-bond acceptors (Lipinski definition) is 5. The third kappa shape index (κ3) is 4.00. The summed E-state index contributed by atoms with van der Waals surface area (Å²) in [7, 11) is 0. The van der Waals surface area contributed by atoms with Crippen molar-refractivity contribution in [3.8, 4) is 5.88 Å². The van der Waals surface area contributed by atoms with Gasteiger partial charge in [-0.3, -0.25) is 0 Å². The zero-order chi connectivity index (χ0) is 13.7. The van der Waals surface area contributed by atoms with Gasteiger partial charge in [0, 0.05) is 23.1 Å². The molecule has 106 valence electrons. The molecule has 2 unspecified atom stereocenters. The molecule has 1 saturated carbocycles. The van der Waals surface area contributed by atoms with Crippen molar-refractivity contribution >= 4 is 17.7 Å². The molecule has 1 fully saturated rings. The van der Waals surface area contributed by atoms with Crippen LogP contribution in [0, 0.1) is 6.92 Å². The Kier molecular flexibility index (Phi) is 5.31. The standard InChI is InChI=1S/C14H23N3OS/c1-4-18-13-9-10(3)15-14(17-13)16-11-7-6-8-12(11)19-5-2/h9,11-12H,4-8H2,1-3H3,(H,15,16,17). The van der Waals surface area contributed by atoms with Crippen LogP contribution < -0.4 is 10.1 Å². The highest BCUT2D eigenvalue weighted by Gasteiger charge is 2.27. The van der Waals surface area contributed by atoms with Crippen molar-refractivity contribution in [2.24, 2.45) is 0 Å². The second-order valence-corrected chi connectivity index (χ2v) is 6.30. The summed E-state index contributed by atoms with van der Waals surface area (Å²) in [5.41, 5.74) is 0.943. The summed E-state index contributed by atoms with van der Waals surface area (Å²) in [5.74, 6) is 2.54. The van der Waals surface area contributed by atoms with Gasteiger partial charge < -0.3 is 10.1 Å². The summed E-state index contributed by atoms with van der Waals surface area (Å²) in [6, 6.07) is 2.36. The number of thioether (sulfide) groups is 1. The van der Waals surface area contributed by atoms with Crippen LogP contribution in [0.4, 0.5) is 5.95 Å². The summed E-state index contributed by atoms with van der Waals surface area (Å²) in [6.45, 7) is 6.79. The zero-order valence-corrected chi connectivity index (χ0v) is 12.8. The maximum absolute atomic E-state index is 5.47. The molecule has 0 bridgehead atoms. The number of nitrogens with zero attached hydrogens (tertiary/aromatic N) is 2. The first kappa shape index (κ1) is 14.4. The van der Waals surface area contributed by atoms with E-state index in [9.17, 15) is 0 Å². The van der Waals surface area contributed by atoms with Crippen LogP contribution in [0.5, 0.6) is 5.88 Å². The van der Waals surface area contributed by atoms with Gasteiger partial charge in [-0.1, -0.05) is 13.3 Å². The Morgan fingerprint density at radius 3 is 2.95 bits per heavy atom. The molecule has 5 heteroatoms. The second-order valence-electron chi connectivity index (χ2n) is 4.78. The Bertz CT molecular complexity index is 414. The van der Waals surface area contributed by atoms with Gasteiger partial charge in [0.25, 0.3) is 0 Å². The van der Waals surface area contributed by atoms with E-state index in [4.69, 9.17) is 4.74 Å². The van der Waals surface area contributed by atoms with E-state index < -0.39 is 0 Å². The Morgan fingerprint density at radius 1 is 1.37 bits per heavy atom. The fourth-order valence-corrected chi connectivity index (χ4v) is 3.69. The van der Waals surface area contributed by atoms with E-state index in [0.717, 1.165) is 5.69 Å². The largest absolute Gasteiger partial charge is 0.478 e. The van der Waals surface area contributed by atoms with Gasteiger partial charge in [-0.05, 0) is 32.4 Å². The molecule has 19 heavy (non-hydrogen) atoms. The first-order valence-electron chi connectivity index (χ1n) is 7.09. The van der Waals surface area contributed by atoms with Gasteiger partial charge in [0.15, 0.2) is 0 Å². The SMILES string of the molecule is CCOc1cc(C)nc(NC2CCCC2SCC)n1. The molecule has 2 rings (SSSR count). The van der Waals surface area contributed by atoms with Crippen molar-refractivity contribution in [3.05, 3.63) is 11.8 Å². The molecular weight excluding hydrogens is 258 g/mol. The van der Waals surface area contributed by atoms with E-state index in [-0.39, 0.29) is 0 Å². The minimum absolute atomic E-state index is 0.487. The van der Waals surface area contributed by atoms with Crippen molar-refractivity contribution in [1.82, 2.24) is 9.97 Å². The van der Waals surface area contributed by atoms with Crippen molar-refractivity contribution in [2.45, 2.75) is 51.3 Å². The van der Waals surface area contributed by atoms with E-state index in [2.05, 4.69) is 22.2 Å². The number of hydrogen-bond donors (Lipinski definition) is 1. The van der Waals surface area contributed by atoms with Crippen LogP contribution in [0.3, 0.4) is 0 Å². The normalized spacial score (nSPS) is 22.5. The van der Waals surface area contributed by atoms with Gasteiger partial charge in [-0.25, -0.2) is 4.98 Å². The number of nitrogens with one attached hydrogen (secondary N) is 1. The van der Waals surface area contributed by atoms with Crippen molar-refractivity contribution < 1.29 is 4.74 Å². The van der Waals surface area contributed by atoms with Crippen molar-refractivity contribution in [3.63, 3.8) is 0 Å². The first-order chi connectivity index (χ1) is 9.22. The van der Waals surface area contributed by atoms with Crippen molar-refractivity contribution in [1.29, 1.82) is 0 Å². The van der Waals surface area contributed by atoms with Crippen LogP contribution in [-0.2, 0) is 0 Å². The molecule has 1 aliphatic carbocycles. The molecule has 0 radical (unpaired) electrons. The lowest BCUT2D eigenvalue weighted by atomic mass is 10.2. The van der Waals surface area contributed by atoms with Crippen LogP contribution in [0.2, 0.25) is 0 Å². The average Bonchev–Trinajstić information content (AvgIpc) is 2.77. The minimum atomic E-state index is 0.487. The number of rotatable bonds is 6. The highest BCUT2D eigenvalue weighted by atomic mass is 32.2. The summed E-state index contributed by atoms with van der Waals surface area (Å²) >= 11 is 2.04. The van der Waals surface area contributed by atoms with E-state index in [1.807, 2.05) is 31.7 Å². The van der Waals surface area contributed by atoms with Crippen LogP contribution in [0.25, 0.3) is 0 Å². The quantitative estimate of drug-likeness (QED) is 0.867. The predicted octanol–water partition coefficient (Wildman–Crippen LogP) is 3.27. The summed E-state index contributed by atoms with van der Waals surface area (Å²) in [5, 5.41) is 4.18. The van der Waals surface area contributed by atoms with E-state index >= 15 is 0 Å². The second kappa shape index (κ2) is 6.98. The fourth-order valence-electron chi connectivity index (χ4n) is 2.50. The maximum atomic E-state index is 5.47. The highest BCUT2D eigenvalue weighted by Crippen LogP contribution is 2.31. The molecule has 0 amide bonds. The molecule has 1 aliphatic rings. The third-order valence-electron chi connectivity index (χ3n) is 3.27. The maximum Gasteiger partial charge on any atom is 0.226 e. The Labute approximate surface area is 119 Å². The Hall–Kier alpha value is -0.970. The molecule has 0 aromatic carbocycles. The van der Waals surface area contributed by atoms with Gasteiger partial charge in [0.2, 0.25) is 11.8 Å². The van der Waals surface area contributed by atoms with Crippen LogP contribution in [0.1, 0.15) is 38.8 Å². The molecule has 0 aliphatic heterocycles. The van der Waals surface area contributed by atoms with E-state index in [1.54, 1.807) is 0 Å². The smallest absolute Gasteiger partial charge is 0.226 e. The molecule has 1 heterocycles. The number of aryl methyl sites for hydroxylation is 1. The lowest BCUT2D eigenvalue weighted by molar-refractivity contribution is 0.326. The number of aromatic nitrogens is 2. The predicted molar refractivity (Wildman–Crippen MR) is 81.1 cm³/mol. The van der Waals surface area contributed by atoms with Crippen LogP contribution in [-0.4, -0.2) is 33.6 Å². The van der Waals surface area contributed by atoms with Crippen LogP contribution >= 0.6 is 11.8 Å². The Morgan fingerprint density at radius 2 is 2.21 bits per heavy atom. The molecule has 4 nitrogen and oxygen atoms in total. The van der Waals surface area contributed by atoms with Gasteiger partial charge in [-0.15, -0.1) is 0 Å². The summed E-state index contributed by atoms with van der Waals surface area (Å²) in [4.78, 5) is 8.89. The molecule has 0 spiro atoms. The molecule has 0 saturated heterocycles. The molecule has 1 N–H and O–H groups in total. The minimum Gasteiger partial charge on any atom is -0.478 e. The zero-order valence-electron chi connectivity index (χ0n) is 12.0. The summed E-state index contributed by atoms with van der Waals surface area (Å²) < 4.78 is 5.47. The monoisotopic (exact) mass is 281 g/mol. The highest BCUT2D eigenvalue weighted by molar-refractivity contribution is 7.99. The van der Waals surface area contributed by atoms with Gasteiger partial charge >= 0.3 is 0 Å². The van der Waals surface area contributed by atoms with Gasteiger partial charge in [0.1, 0.15) is 0 Å². The van der Waals surface area contributed by atoms with Crippen molar-refractivity contribution in [2.75, 3.05) is 17.7 Å². The molecule has 1 aromatic heterocycles. The number of ether oxygens (including phenoxy) is 1. The molecular formula is C14H23N3OS. The third-order valence-corrected chi connectivity index (χ3v) is 4.60. The van der Waals surface area contributed by atoms with Gasteiger partial charge in [0.05, 0.1) is 6.61 Å². The van der Waals surface area contributed by atoms with E-state index in [0.29, 0.717) is 29.7 Å². The number of anilines is 1. The Balaban J connectivity index is 2.05. The molecule has 1 aromatic rings. The lowest BCUT2D eigenvalue weighted by Crippen LogP contribution is -2.27. The topological polar surface area (TPSA) is 47.0 Å². The summed E-state index contributed by atoms with van der Waals surface area (Å²) in [6.07, 6.45) is 3.79. The fraction of sp³-hybridized carbons (Fsp3) is 0.714. The molecule has 2 atom stereocenters. The lowest BCUT2D eigenvalue weighted by Gasteiger charge is -2.20. The van der Waals surface area contributed by atoms with Gasteiger partial charge in [-0.2, -0.15) is 16.7 Å². The average molecular weight is 281 g/mol. The van der Waals surface area contributed by atoms with Crippen LogP contribution in [0.15, 0.2) is 6.07 Å². The first-order valence-corrected chi connectivity index (χ1v) is 8.14. The van der Waals surface area contributed by atoms with E-state index in [1.165, 1.54) is 25.0 Å².